The number of carbonyl (C=O) groups excluding carboxylic acids is 1. The summed E-state index contributed by atoms with van der Waals surface area (Å²) in [6, 6.07) is 2.09. The third-order valence-corrected chi connectivity index (χ3v) is 3.60. The van der Waals surface area contributed by atoms with Crippen LogP contribution in [-0.4, -0.2) is 10.9 Å². The number of aldehydes is 1. The smallest absolute Gasteiger partial charge is 0.166 e. The third kappa shape index (κ3) is 2.68. The fourth-order valence-electron chi connectivity index (χ4n) is 2.71. The van der Waals surface area contributed by atoms with E-state index in [1.807, 2.05) is 6.08 Å². The van der Waals surface area contributed by atoms with E-state index in [1.165, 1.54) is 24.1 Å². The van der Waals surface area contributed by atoms with Crippen molar-refractivity contribution in [3.8, 4) is 0 Å². The topological polar surface area (TPSA) is 22.0 Å². The molecule has 0 saturated heterocycles. The van der Waals surface area contributed by atoms with Gasteiger partial charge in [-0.3, -0.25) is 4.79 Å². The van der Waals surface area contributed by atoms with Gasteiger partial charge in [0.25, 0.3) is 0 Å². The van der Waals surface area contributed by atoms with Gasteiger partial charge in [0.2, 0.25) is 0 Å². The van der Waals surface area contributed by atoms with Crippen LogP contribution in [0.25, 0.3) is 0 Å². The average Bonchev–Trinajstić information content (AvgIpc) is 2.73. The molecule has 1 aliphatic rings. The van der Waals surface area contributed by atoms with Crippen LogP contribution < -0.4 is 0 Å². The van der Waals surface area contributed by atoms with Gasteiger partial charge in [-0.05, 0) is 56.6 Å². The van der Waals surface area contributed by atoms with Crippen LogP contribution in [0, 0.1) is 0 Å². The molecule has 0 aliphatic heterocycles. The molecule has 0 bridgehead atoms. The predicted octanol–water partition coefficient (Wildman–Crippen LogP) is 3.54. The zero-order valence-electron chi connectivity index (χ0n) is 10.5. The lowest BCUT2D eigenvalue weighted by Crippen LogP contribution is -2.10. The van der Waals surface area contributed by atoms with Crippen LogP contribution in [0.4, 0.5) is 0 Å². The van der Waals surface area contributed by atoms with Gasteiger partial charge in [0.05, 0.1) is 5.69 Å². The maximum Gasteiger partial charge on any atom is 0.166 e. The lowest BCUT2D eigenvalue weighted by molar-refractivity contribution is 0.111. The normalized spacial score (nSPS) is 14.4. The van der Waals surface area contributed by atoms with Crippen molar-refractivity contribution < 1.29 is 4.79 Å². The Bertz CT molecular complexity index is 403. The first-order valence-corrected chi connectivity index (χ1v) is 6.64. The van der Waals surface area contributed by atoms with Crippen molar-refractivity contribution in [2.24, 2.45) is 0 Å². The van der Waals surface area contributed by atoms with Crippen molar-refractivity contribution in [1.29, 1.82) is 0 Å². The van der Waals surface area contributed by atoms with Crippen LogP contribution in [0.15, 0.2) is 18.7 Å². The van der Waals surface area contributed by atoms with Gasteiger partial charge in [-0.2, -0.15) is 0 Å². The molecular weight excluding hydrogens is 210 g/mol. The van der Waals surface area contributed by atoms with Gasteiger partial charge in [0, 0.05) is 12.2 Å². The molecule has 0 atom stereocenters. The van der Waals surface area contributed by atoms with Gasteiger partial charge in [-0.15, -0.1) is 6.58 Å². The highest BCUT2D eigenvalue weighted by molar-refractivity contribution is 5.73. The summed E-state index contributed by atoms with van der Waals surface area (Å²) in [5, 5.41) is 0. The fourth-order valence-corrected chi connectivity index (χ4v) is 2.71. The molecule has 0 aromatic carbocycles. The van der Waals surface area contributed by atoms with Crippen molar-refractivity contribution in [3.63, 3.8) is 0 Å². The molecule has 1 heterocycles. The number of carbonyl (C=O) groups is 1. The summed E-state index contributed by atoms with van der Waals surface area (Å²) in [7, 11) is 0. The zero-order valence-corrected chi connectivity index (χ0v) is 10.5. The minimum Gasteiger partial charge on any atom is -0.342 e. The Morgan fingerprint density at radius 3 is 2.88 bits per heavy atom. The van der Waals surface area contributed by atoms with Crippen molar-refractivity contribution in [2.75, 3.05) is 0 Å². The second-order valence-electron chi connectivity index (χ2n) is 4.80. The second kappa shape index (κ2) is 5.85. The number of hydrogen-bond donors (Lipinski definition) is 0. The molecule has 17 heavy (non-hydrogen) atoms. The van der Waals surface area contributed by atoms with E-state index < -0.39 is 0 Å². The summed E-state index contributed by atoms with van der Waals surface area (Å²) in [5.74, 6) is 0. The van der Waals surface area contributed by atoms with E-state index in [-0.39, 0.29) is 0 Å². The van der Waals surface area contributed by atoms with E-state index in [0.717, 1.165) is 50.6 Å². The molecule has 92 valence electrons. The molecule has 2 heteroatoms. The molecule has 2 rings (SSSR count). The van der Waals surface area contributed by atoms with Crippen LogP contribution in [0.2, 0.25) is 0 Å². The molecule has 0 spiro atoms. The fraction of sp³-hybridized carbons (Fsp3) is 0.533. The van der Waals surface area contributed by atoms with E-state index in [2.05, 4.69) is 17.2 Å². The minimum absolute atomic E-state index is 0.871. The Labute approximate surface area is 103 Å². The van der Waals surface area contributed by atoms with Crippen LogP contribution in [0.1, 0.15) is 53.8 Å². The summed E-state index contributed by atoms with van der Waals surface area (Å²) >= 11 is 0. The molecule has 0 unspecified atom stereocenters. The Morgan fingerprint density at radius 1 is 1.29 bits per heavy atom. The number of hydrogen-bond acceptors (Lipinski definition) is 1. The molecule has 2 nitrogen and oxygen atoms in total. The highest BCUT2D eigenvalue weighted by atomic mass is 16.1. The molecule has 0 radical (unpaired) electrons. The number of aryl methyl sites for hydroxylation is 1. The monoisotopic (exact) mass is 231 g/mol. The van der Waals surface area contributed by atoms with E-state index in [9.17, 15) is 4.79 Å². The molecule has 1 aromatic heterocycles. The molecule has 0 amide bonds. The van der Waals surface area contributed by atoms with Crippen molar-refractivity contribution in [3.05, 3.63) is 35.7 Å². The first kappa shape index (κ1) is 12.2. The highest BCUT2D eigenvalue weighted by Gasteiger charge is 2.17. The molecule has 0 fully saturated rings. The molecule has 0 saturated carbocycles. The number of allylic oxidation sites excluding steroid dienone is 1. The van der Waals surface area contributed by atoms with Crippen LogP contribution in [0.5, 0.6) is 0 Å². The summed E-state index contributed by atoms with van der Waals surface area (Å²) in [5.41, 5.74) is 3.69. The first-order valence-electron chi connectivity index (χ1n) is 6.64. The Hall–Kier alpha value is -1.31. The summed E-state index contributed by atoms with van der Waals surface area (Å²) in [4.78, 5) is 11.1. The van der Waals surface area contributed by atoms with Gasteiger partial charge >= 0.3 is 0 Å². The van der Waals surface area contributed by atoms with Crippen LogP contribution in [0.3, 0.4) is 0 Å². The Balaban J connectivity index is 2.10. The zero-order chi connectivity index (χ0) is 12.1. The van der Waals surface area contributed by atoms with Gasteiger partial charge in [0.1, 0.15) is 0 Å². The van der Waals surface area contributed by atoms with E-state index in [0.29, 0.717) is 0 Å². The molecule has 0 N–H and O–H groups in total. The summed E-state index contributed by atoms with van der Waals surface area (Å²) < 4.78 is 2.24. The van der Waals surface area contributed by atoms with Gasteiger partial charge in [0.15, 0.2) is 6.29 Å². The van der Waals surface area contributed by atoms with Crippen molar-refractivity contribution >= 4 is 6.29 Å². The maximum atomic E-state index is 11.1. The minimum atomic E-state index is 0.871. The quantitative estimate of drug-likeness (QED) is 0.417. The largest absolute Gasteiger partial charge is 0.342 e. The number of fused-ring (bicyclic) bond motifs is 1. The lowest BCUT2D eigenvalue weighted by Gasteiger charge is -2.16. The Kier molecular flexibility index (Phi) is 4.18. The van der Waals surface area contributed by atoms with Gasteiger partial charge < -0.3 is 4.57 Å². The number of rotatable bonds is 6. The average molecular weight is 231 g/mol. The van der Waals surface area contributed by atoms with Crippen LogP contribution in [-0.2, 0) is 19.4 Å². The Morgan fingerprint density at radius 2 is 2.12 bits per heavy atom. The predicted molar refractivity (Wildman–Crippen MR) is 70.5 cm³/mol. The van der Waals surface area contributed by atoms with Crippen LogP contribution >= 0.6 is 0 Å². The number of nitrogens with zero attached hydrogens (tertiary/aromatic N) is 1. The molecule has 1 aliphatic carbocycles. The third-order valence-electron chi connectivity index (χ3n) is 3.60. The van der Waals surface area contributed by atoms with Crippen molar-refractivity contribution in [1.82, 2.24) is 4.57 Å². The van der Waals surface area contributed by atoms with Gasteiger partial charge in [-0.1, -0.05) is 6.08 Å². The SMILES string of the molecule is C=CCCCCn1c(C=O)cc2c1CCCC2. The number of unbranched alkanes of at least 4 members (excludes halogenated alkanes) is 2. The van der Waals surface area contributed by atoms with E-state index in [4.69, 9.17) is 0 Å². The molecular formula is C15H21NO. The van der Waals surface area contributed by atoms with Gasteiger partial charge in [-0.25, -0.2) is 0 Å². The maximum absolute atomic E-state index is 11.1. The summed E-state index contributed by atoms with van der Waals surface area (Å²) in [6.07, 6.45) is 11.2. The second-order valence-corrected chi connectivity index (χ2v) is 4.80. The number of aromatic nitrogens is 1. The first-order chi connectivity index (χ1) is 8.36. The lowest BCUT2D eigenvalue weighted by atomic mass is 9.98. The summed E-state index contributed by atoms with van der Waals surface area (Å²) in [6.45, 7) is 4.72. The molecule has 1 aromatic rings. The van der Waals surface area contributed by atoms with Crippen molar-refractivity contribution in [2.45, 2.75) is 51.5 Å². The van der Waals surface area contributed by atoms with E-state index >= 15 is 0 Å². The standard InChI is InChI=1S/C15H21NO/c1-2-3-4-7-10-16-14(12-17)11-13-8-5-6-9-15(13)16/h2,11-12H,1,3-10H2. The van der Waals surface area contributed by atoms with E-state index in [1.54, 1.807) is 0 Å². The highest BCUT2D eigenvalue weighted by Crippen LogP contribution is 2.25.